The van der Waals surface area contributed by atoms with Gasteiger partial charge in [-0.25, -0.2) is 0 Å². The minimum absolute atomic E-state index is 0.132. The van der Waals surface area contributed by atoms with E-state index in [-0.39, 0.29) is 16.5 Å². The number of Topliss-reactive ketones (excluding diaryl/α,β-unsaturated/α-hetero) is 1. The molecule has 0 bridgehead atoms. The zero-order chi connectivity index (χ0) is 21.2. The van der Waals surface area contributed by atoms with Gasteiger partial charge in [-0.05, 0) is 51.7 Å². The Labute approximate surface area is 175 Å². The first kappa shape index (κ1) is 20.9. The highest BCUT2D eigenvalue weighted by atomic mass is 16.5. The second-order valence-electron chi connectivity index (χ2n) is 9.56. The normalized spacial score (nSPS) is 11.9. The molecule has 148 valence electrons. The molecular weight excluding hydrogens is 355 g/mol. The third kappa shape index (κ3) is 5.17. The number of hydrogen-bond donors (Lipinski definition) is 0. The first-order valence-corrected chi connectivity index (χ1v) is 10.1. The van der Waals surface area contributed by atoms with Gasteiger partial charge in [0.2, 0.25) is 0 Å². The second kappa shape index (κ2) is 7.90. The number of hydrogen-bond acceptors (Lipinski definition) is 2. The van der Waals surface area contributed by atoms with Crippen LogP contribution in [0.3, 0.4) is 0 Å². The van der Waals surface area contributed by atoms with Gasteiger partial charge in [0.15, 0.2) is 5.78 Å². The van der Waals surface area contributed by atoms with Crippen LogP contribution in [0.1, 0.15) is 50.5 Å². The molecule has 3 aromatic carbocycles. The molecule has 0 saturated heterocycles. The van der Waals surface area contributed by atoms with Crippen LogP contribution in [-0.2, 0) is 5.41 Å². The topological polar surface area (TPSA) is 26.3 Å². The Morgan fingerprint density at radius 2 is 1.10 bits per heavy atom. The van der Waals surface area contributed by atoms with Gasteiger partial charge < -0.3 is 4.74 Å². The summed E-state index contributed by atoms with van der Waals surface area (Å²) in [6.45, 7) is 10.5. The summed E-state index contributed by atoms with van der Waals surface area (Å²) in [6.07, 6.45) is 0. The third-order valence-electron chi connectivity index (χ3n) is 4.97. The van der Waals surface area contributed by atoms with E-state index in [0.717, 1.165) is 28.2 Å². The van der Waals surface area contributed by atoms with Crippen LogP contribution < -0.4 is 4.74 Å². The maximum absolute atomic E-state index is 12.4. The highest BCUT2D eigenvalue weighted by molar-refractivity contribution is 6.31. The monoisotopic (exact) mass is 384 g/mol. The first-order valence-electron chi connectivity index (χ1n) is 10.1. The van der Waals surface area contributed by atoms with E-state index in [1.165, 1.54) is 5.56 Å². The van der Waals surface area contributed by atoms with E-state index in [2.05, 4.69) is 32.9 Å². The van der Waals surface area contributed by atoms with Crippen molar-refractivity contribution in [2.45, 2.75) is 45.3 Å². The number of carbonyl (C=O) groups excluding carboxylic acids is 1. The Morgan fingerprint density at radius 1 is 0.690 bits per heavy atom. The van der Waals surface area contributed by atoms with Crippen molar-refractivity contribution in [3.8, 4) is 22.6 Å². The van der Waals surface area contributed by atoms with Crippen LogP contribution in [0.4, 0.5) is 0 Å². The van der Waals surface area contributed by atoms with Gasteiger partial charge in [-0.3, -0.25) is 4.79 Å². The summed E-state index contributed by atoms with van der Waals surface area (Å²) >= 11 is 0. The van der Waals surface area contributed by atoms with Crippen molar-refractivity contribution in [3.05, 3.63) is 83.9 Å². The predicted octanol–water partition coefficient (Wildman–Crippen LogP) is 6.46. The van der Waals surface area contributed by atoms with E-state index >= 15 is 0 Å². The molecule has 2 nitrogen and oxygen atoms in total. The summed E-state index contributed by atoms with van der Waals surface area (Å²) in [6, 6.07) is 24.1. The SMILES string of the molecule is BC(C)(C)C(=O)c1ccc(-c2ccc(Oc3ccc(C(C)(C)C)cc3)cc2)cc1. The first-order chi connectivity index (χ1) is 13.5. The van der Waals surface area contributed by atoms with Crippen molar-refractivity contribution in [2.24, 2.45) is 0 Å². The van der Waals surface area contributed by atoms with Crippen molar-refractivity contribution >= 4 is 13.6 Å². The largest absolute Gasteiger partial charge is 0.457 e. The van der Waals surface area contributed by atoms with Crippen LogP contribution in [-0.4, -0.2) is 13.6 Å². The molecule has 3 heteroatoms. The standard InChI is InChI=1S/C26H29BO2/c1-25(2,3)21-12-16-23(17-13-21)29-22-14-10-19(11-15-22)18-6-8-20(9-7-18)24(28)26(4,5)27/h6-17H,27H2,1-5H3. The fourth-order valence-corrected chi connectivity index (χ4v) is 3.12. The number of rotatable bonds is 5. The molecule has 0 aliphatic carbocycles. The minimum Gasteiger partial charge on any atom is -0.457 e. The van der Waals surface area contributed by atoms with Crippen molar-refractivity contribution in [3.63, 3.8) is 0 Å². The van der Waals surface area contributed by atoms with Crippen LogP contribution >= 0.6 is 0 Å². The van der Waals surface area contributed by atoms with Crippen LogP contribution in [0.2, 0.25) is 5.31 Å². The van der Waals surface area contributed by atoms with Crippen molar-refractivity contribution in [2.75, 3.05) is 0 Å². The van der Waals surface area contributed by atoms with E-state index in [9.17, 15) is 4.79 Å². The smallest absolute Gasteiger partial charge is 0.160 e. The molecule has 29 heavy (non-hydrogen) atoms. The van der Waals surface area contributed by atoms with Gasteiger partial charge in [0.25, 0.3) is 0 Å². The van der Waals surface area contributed by atoms with Crippen molar-refractivity contribution in [1.82, 2.24) is 0 Å². The molecule has 0 fully saturated rings. The summed E-state index contributed by atoms with van der Waals surface area (Å²) in [5.41, 5.74) is 4.34. The molecule has 0 spiro atoms. The Balaban J connectivity index is 1.71. The van der Waals surface area contributed by atoms with Gasteiger partial charge >= 0.3 is 0 Å². The van der Waals surface area contributed by atoms with E-state index in [0.29, 0.717) is 0 Å². The molecule has 0 amide bonds. The number of benzene rings is 3. The zero-order valence-corrected chi connectivity index (χ0v) is 18.2. The molecule has 3 aromatic rings. The highest BCUT2D eigenvalue weighted by Crippen LogP contribution is 2.30. The molecule has 0 N–H and O–H groups in total. The van der Waals surface area contributed by atoms with Gasteiger partial charge in [0.1, 0.15) is 19.3 Å². The Kier molecular flexibility index (Phi) is 5.70. The van der Waals surface area contributed by atoms with Gasteiger partial charge in [0, 0.05) is 5.56 Å². The molecule has 0 aliphatic heterocycles. The van der Waals surface area contributed by atoms with E-state index in [4.69, 9.17) is 4.74 Å². The quantitative estimate of drug-likeness (QED) is 0.373. The van der Waals surface area contributed by atoms with Crippen molar-refractivity contribution < 1.29 is 9.53 Å². The summed E-state index contributed by atoms with van der Waals surface area (Å²) in [5, 5.41) is -0.369. The average Bonchev–Trinajstić information content (AvgIpc) is 2.67. The Morgan fingerprint density at radius 3 is 1.52 bits per heavy atom. The maximum atomic E-state index is 12.4. The lowest BCUT2D eigenvalue weighted by molar-refractivity contribution is 0.0949. The molecule has 0 atom stereocenters. The molecule has 0 saturated carbocycles. The molecule has 0 heterocycles. The van der Waals surface area contributed by atoms with E-state index in [1.54, 1.807) is 0 Å². The minimum atomic E-state index is -0.369. The second-order valence-corrected chi connectivity index (χ2v) is 9.56. The number of ketones is 1. The van der Waals surface area contributed by atoms with Crippen LogP contribution in [0.5, 0.6) is 11.5 Å². The molecular formula is C26H29BO2. The molecule has 0 aliphatic rings. The maximum Gasteiger partial charge on any atom is 0.160 e. The van der Waals surface area contributed by atoms with Gasteiger partial charge in [0.05, 0.1) is 0 Å². The highest BCUT2D eigenvalue weighted by Gasteiger charge is 2.22. The lowest BCUT2D eigenvalue weighted by atomic mass is 9.67. The van der Waals surface area contributed by atoms with Crippen molar-refractivity contribution in [1.29, 1.82) is 0 Å². The molecule has 0 aromatic heterocycles. The molecule has 0 unspecified atom stereocenters. The van der Waals surface area contributed by atoms with Gasteiger partial charge in [-0.15, -0.1) is 0 Å². The Hall–Kier alpha value is -2.81. The summed E-state index contributed by atoms with van der Waals surface area (Å²) in [4.78, 5) is 12.4. The van der Waals surface area contributed by atoms with Gasteiger partial charge in [-0.1, -0.05) is 83.1 Å². The van der Waals surface area contributed by atoms with E-state index in [1.807, 2.05) is 82.4 Å². The Bertz CT molecular complexity index is 971. The summed E-state index contributed by atoms with van der Waals surface area (Å²) in [5.74, 6) is 1.79. The summed E-state index contributed by atoms with van der Waals surface area (Å²) in [7, 11) is 1.94. The summed E-state index contributed by atoms with van der Waals surface area (Å²) < 4.78 is 5.98. The zero-order valence-electron chi connectivity index (χ0n) is 18.2. The van der Waals surface area contributed by atoms with Crippen LogP contribution in [0.25, 0.3) is 11.1 Å². The fraction of sp³-hybridized carbons (Fsp3) is 0.269. The van der Waals surface area contributed by atoms with E-state index < -0.39 is 0 Å². The fourth-order valence-electron chi connectivity index (χ4n) is 3.12. The molecule has 3 rings (SSSR count). The predicted molar refractivity (Wildman–Crippen MR) is 124 cm³/mol. The average molecular weight is 384 g/mol. The number of carbonyl (C=O) groups is 1. The van der Waals surface area contributed by atoms with Crippen LogP contribution in [0, 0.1) is 0 Å². The molecule has 0 radical (unpaired) electrons. The van der Waals surface area contributed by atoms with Gasteiger partial charge in [-0.2, -0.15) is 0 Å². The lowest BCUT2D eigenvalue weighted by Crippen LogP contribution is -2.17. The lowest BCUT2D eigenvalue weighted by Gasteiger charge is -2.19. The third-order valence-corrected chi connectivity index (χ3v) is 4.97. The van der Waals surface area contributed by atoms with Crippen LogP contribution in [0.15, 0.2) is 72.8 Å². The number of ether oxygens (including phenoxy) is 1.